The molecule has 2 fully saturated rings. The van der Waals surface area contributed by atoms with Crippen LogP contribution in [0.1, 0.15) is 44.9 Å². The van der Waals surface area contributed by atoms with E-state index in [0.717, 1.165) is 25.7 Å². The molecule has 0 aliphatic heterocycles. The van der Waals surface area contributed by atoms with Gasteiger partial charge in [0.25, 0.3) is 0 Å². The third-order valence-electron chi connectivity index (χ3n) is 4.48. The second-order valence-corrected chi connectivity index (χ2v) is 6.12. The Morgan fingerprint density at radius 3 is 2.33 bits per heavy atom. The van der Waals surface area contributed by atoms with Crippen molar-refractivity contribution >= 4 is 11.9 Å². The molecule has 4 nitrogen and oxygen atoms in total. The summed E-state index contributed by atoms with van der Waals surface area (Å²) in [7, 11) is 0. The molecule has 0 heterocycles. The van der Waals surface area contributed by atoms with Crippen LogP contribution >= 0.6 is 0 Å². The molecule has 3 unspecified atom stereocenters. The molecule has 0 spiro atoms. The van der Waals surface area contributed by atoms with Gasteiger partial charge in [0, 0.05) is 5.92 Å². The molecule has 0 aromatic heterocycles. The van der Waals surface area contributed by atoms with E-state index in [2.05, 4.69) is 0 Å². The van der Waals surface area contributed by atoms with Gasteiger partial charge in [-0.15, -0.1) is 0 Å². The standard InChI is InChI=1S/C14H20F3NO3/c15-14(16,17)7-11(13(20)21)18-12(19)10-6-9(10)8-4-2-1-3-5-8/h8-11H,1-7H2,(H,18,19)(H,20,21). The van der Waals surface area contributed by atoms with Crippen molar-refractivity contribution in [3.63, 3.8) is 0 Å². The second kappa shape index (κ2) is 6.23. The molecule has 3 atom stereocenters. The maximum atomic E-state index is 12.3. The van der Waals surface area contributed by atoms with Gasteiger partial charge in [-0.2, -0.15) is 13.2 Å². The lowest BCUT2D eigenvalue weighted by atomic mass is 9.85. The predicted molar refractivity (Wildman–Crippen MR) is 68.4 cm³/mol. The van der Waals surface area contributed by atoms with Crippen LogP contribution in [0.25, 0.3) is 0 Å². The van der Waals surface area contributed by atoms with E-state index in [0.29, 0.717) is 12.3 Å². The van der Waals surface area contributed by atoms with Crippen molar-refractivity contribution in [1.82, 2.24) is 5.32 Å². The summed E-state index contributed by atoms with van der Waals surface area (Å²) in [6.07, 6.45) is 0.153. The van der Waals surface area contributed by atoms with Crippen LogP contribution in [0.15, 0.2) is 0 Å². The maximum Gasteiger partial charge on any atom is 0.391 e. The highest BCUT2D eigenvalue weighted by molar-refractivity contribution is 5.86. The van der Waals surface area contributed by atoms with E-state index in [1.165, 1.54) is 6.42 Å². The van der Waals surface area contributed by atoms with E-state index < -0.39 is 30.5 Å². The maximum absolute atomic E-state index is 12.3. The normalized spacial score (nSPS) is 28.0. The summed E-state index contributed by atoms with van der Waals surface area (Å²) >= 11 is 0. The molecule has 0 aromatic carbocycles. The second-order valence-electron chi connectivity index (χ2n) is 6.12. The molecule has 7 heteroatoms. The highest BCUT2D eigenvalue weighted by Crippen LogP contribution is 2.49. The van der Waals surface area contributed by atoms with E-state index in [1.54, 1.807) is 0 Å². The predicted octanol–water partition coefficient (Wildman–Crippen LogP) is 2.72. The first-order chi connectivity index (χ1) is 9.78. The Bertz CT molecular complexity index is 405. The fourth-order valence-corrected chi connectivity index (χ4v) is 3.31. The molecule has 0 saturated heterocycles. The van der Waals surface area contributed by atoms with E-state index in [-0.39, 0.29) is 11.8 Å². The number of aliphatic carboxylic acids is 1. The van der Waals surface area contributed by atoms with Gasteiger partial charge in [0.05, 0.1) is 6.42 Å². The van der Waals surface area contributed by atoms with Crippen molar-refractivity contribution in [2.24, 2.45) is 17.8 Å². The number of carboxylic acid groups (broad SMARTS) is 1. The minimum Gasteiger partial charge on any atom is -0.480 e. The minimum atomic E-state index is -4.61. The Labute approximate surface area is 121 Å². The fraction of sp³-hybridized carbons (Fsp3) is 0.857. The van der Waals surface area contributed by atoms with Gasteiger partial charge in [0.1, 0.15) is 6.04 Å². The number of carbonyl (C=O) groups is 2. The van der Waals surface area contributed by atoms with Crippen LogP contribution < -0.4 is 5.32 Å². The van der Waals surface area contributed by atoms with Crippen LogP contribution in [0, 0.1) is 17.8 Å². The van der Waals surface area contributed by atoms with Crippen molar-refractivity contribution in [1.29, 1.82) is 0 Å². The molecular formula is C14H20F3NO3. The SMILES string of the molecule is O=C(O)C(CC(F)(F)F)NC(=O)C1CC1C1CCCCC1. The first-order valence-electron chi connectivity index (χ1n) is 7.38. The van der Waals surface area contributed by atoms with Crippen LogP contribution in [-0.2, 0) is 9.59 Å². The zero-order valence-corrected chi connectivity index (χ0v) is 11.7. The number of alkyl halides is 3. The van der Waals surface area contributed by atoms with Gasteiger partial charge in [0.15, 0.2) is 0 Å². The molecule has 21 heavy (non-hydrogen) atoms. The van der Waals surface area contributed by atoms with Crippen molar-refractivity contribution in [2.45, 2.75) is 57.2 Å². The number of rotatable bonds is 5. The van der Waals surface area contributed by atoms with E-state index in [1.807, 2.05) is 5.32 Å². The molecule has 2 aliphatic rings. The van der Waals surface area contributed by atoms with E-state index in [4.69, 9.17) is 5.11 Å². The molecule has 2 N–H and O–H groups in total. The number of halogens is 3. The average molecular weight is 307 g/mol. The van der Waals surface area contributed by atoms with Crippen LogP contribution in [0.3, 0.4) is 0 Å². The number of amides is 1. The molecule has 2 aliphatic carbocycles. The molecule has 120 valence electrons. The lowest BCUT2D eigenvalue weighted by molar-refractivity contribution is -0.160. The first-order valence-corrected chi connectivity index (χ1v) is 7.38. The Morgan fingerprint density at radius 1 is 1.19 bits per heavy atom. The summed E-state index contributed by atoms with van der Waals surface area (Å²) in [6.45, 7) is 0. The van der Waals surface area contributed by atoms with Gasteiger partial charge >= 0.3 is 12.1 Å². The van der Waals surface area contributed by atoms with Crippen molar-refractivity contribution in [3.8, 4) is 0 Å². The van der Waals surface area contributed by atoms with Gasteiger partial charge < -0.3 is 10.4 Å². The fourth-order valence-electron chi connectivity index (χ4n) is 3.31. The molecule has 1 amide bonds. The Kier molecular flexibility index (Phi) is 4.78. The summed E-state index contributed by atoms with van der Waals surface area (Å²) in [5.74, 6) is -1.79. The van der Waals surface area contributed by atoms with E-state index in [9.17, 15) is 22.8 Å². The zero-order valence-electron chi connectivity index (χ0n) is 11.7. The molecule has 0 bridgehead atoms. The summed E-state index contributed by atoms with van der Waals surface area (Å²) in [6, 6.07) is -1.88. The Balaban J connectivity index is 1.84. The Hall–Kier alpha value is -1.27. The number of carboxylic acids is 1. The highest BCUT2D eigenvalue weighted by Gasteiger charge is 2.48. The summed E-state index contributed by atoms with van der Waals surface area (Å²) in [5.41, 5.74) is 0. The van der Waals surface area contributed by atoms with Crippen molar-refractivity contribution in [3.05, 3.63) is 0 Å². The van der Waals surface area contributed by atoms with Gasteiger partial charge in [-0.3, -0.25) is 4.79 Å². The quantitative estimate of drug-likeness (QED) is 0.820. The number of carbonyl (C=O) groups excluding carboxylic acids is 1. The van der Waals surface area contributed by atoms with Gasteiger partial charge in [-0.05, 0) is 18.3 Å². The molecular weight excluding hydrogens is 287 g/mol. The van der Waals surface area contributed by atoms with Gasteiger partial charge in [-0.25, -0.2) is 4.79 Å². The summed E-state index contributed by atoms with van der Waals surface area (Å²) in [5, 5.41) is 10.8. The molecule has 2 saturated carbocycles. The lowest BCUT2D eigenvalue weighted by Crippen LogP contribution is -2.44. The highest BCUT2D eigenvalue weighted by atomic mass is 19.4. The van der Waals surface area contributed by atoms with Crippen LogP contribution in [0.4, 0.5) is 13.2 Å². The molecule has 0 radical (unpaired) electrons. The monoisotopic (exact) mass is 307 g/mol. The largest absolute Gasteiger partial charge is 0.480 e. The molecule has 2 rings (SSSR count). The van der Waals surface area contributed by atoms with Crippen molar-refractivity contribution < 1.29 is 27.9 Å². The molecule has 0 aromatic rings. The van der Waals surface area contributed by atoms with Crippen LogP contribution in [0.5, 0.6) is 0 Å². The third kappa shape index (κ3) is 4.61. The summed E-state index contributed by atoms with van der Waals surface area (Å²) in [4.78, 5) is 22.7. The number of nitrogens with one attached hydrogen (secondary N) is 1. The minimum absolute atomic E-state index is 0.227. The van der Waals surface area contributed by atoms with Crippen LogP contribution in [-0.4, -0.2) is 29.2 Å². The zero-order chi connectivity index (χ0) is 15.6. The third-order valence-corrected chi connectivity index (χ3v) is 4.48. The topological polar surface area (TPSA) is 66.4 Å². The first kappa shape index (κ1) is 16.1. The van der Waals surface area contributed by atoms with E-state index >= 15 is 0 Å². The van der Waals surface area contributed by atoms with Crippen molar-refractivity contribution in [2.75, 3.05) is 0 Å². The number of hydrogen-bond donors (Lipinski definition) is 2. The number of hydrogen-bond acceptors (Lipinski definition) is 2. The Morgan fingerprint density at radius 2 is 1.81 bits per heavy atom. The van der Waals surface area contributed by atoms with Gasteiger partial charge in [0.2, 0.25) is 5.91 Å². The smallest absolute Gasteiger partial charge is 0.391 e. The average Bonchev–Trinajstić information content (AvgIpc) is 3.17. The summed E-state index contributed by atoms with van der Waals surface area (Å²) < 4.78 is 36.9. The lowest BCUT2D eigenvalue weighted by Gasteiger charge is -2.22. The van der Waals surface area contributed by atoms with Gasteiger partial charge in [-0.1, -0.05) is 32.1 Å². The van der Waals surface area contributed by atoms with Crippen LogP contribution in [0.2, 0.25) is 0 Å².